The third-order valence-corrected chi connectivity index (χ3v) is 9.65. The number of carbonyl (C=O) groups is 2. The van der Waals surface area contributed by atoms with E-state index in [0.717, 1.165) is 36.1 Å². The van der Waals surface area contributed by atoms with Gasteiger partial charge in [0.2, 0.25) is 5.91 Å². The van der Waals surface area contributed by atoms with Crippen LogP contribution in [0.2, 0.25) is 0 Å². The third-order valence-electron chi connectivity index (χ3n) is 8.38. The Morgan fingerprint density at radius 3 is 2.76 bits per heavy atom. The minimum atomic E-state index is -4.60. The number of nitrogens with zero attached hydrogens (tertiary/aromatic N) is 1. The fraction of sp³-hybridized carbons (Fsp3) is 0.560. The van der Waals surface area contributed by atoms with E-state index in [4.69, 9.17) is 14.3 Å². The van der Waals surface area contributed by atoms with E-state index < -0.39 is 7.82 Å². The number of aryl methyl sites for hydroxylation is 2. The van der Waals surface area contributed by atoms with Crippen LogP contribution in [0.5, 0.6) is 5.75 Å². The first-order chi connectivity index (χ1) is 16.5. The molecule has 8 nitrogen and oxygen atoms in total. The molecule has 0 bridgehead atoms. The number of hydrogen-bond donors (Lipinski definition) is 3. The fourth-order valence-electron chi connectivity index (χ4n) is 6.99. The van der Waals surface area contributed by atoms with Gasteiger partial charge >= 0.3 is 66.9 Å². The van der Waals surface area contributed by atoms with Gasteiger partial charge in [-0.05, 0) is 86.0 Å². The van der Waals surface area contributed by atoms with Gasteiger partial charge in [-0.2, -0.15) is 0 Å². The maximum absolute atomic E-state index is 13.2. The van der Waals surface area contributed by atoms with Crippen LogP contribution in [-0.2, 0) is 20.6 Å². The molecule has 1 aromatic carbocycles. The van der Waals surface area contributed by atoms with Gasteiger partial charge in [0.1, 0.15) is 11.5 Å². The zero-order valence-electron chi connectivity index (χ0n) is 23.9. The number of carbonyl (C=O) groups excluding carboxylic acids is 2. The normalized spacial score (nSPS) is 28.2. The number of anilines is 1. The topological polar surface area (TPSA) is 126 Å². The number of phosphoric ester groups is 1. The van der Waals surface area contributed by atoms with Gasteiger partial charge in [0.15, 0.2) is 5.13 Å². The molecule has 37 heavy (non-hydrogen) atoms. The van der Waals surface area contributed by atoms with Crippen molar-refractivity contribution in [2.24, 2.45) is 23.2 Å². The summed E-state index contributed by atoms with van der Waals surface area (Å²) in [5.74, 6) is 1.55. The molecule has 0 saturated heterocycles. The van der Waals surface area contributed by atoms with Crippen LogP contribution < -0.4 is 69.0 Å². The minimum absolute atomic E-state index is 0. The van der Waals surface area contributed by atoms with Gasteiger partial charge in [0.05, 0.1) is 0 Å². The van der Waals surface area contributed by atoms with Crippen molar-refractivity contribution >= 4 is 36.0 Å². The Balaban J connectivity index is 0.00000190. The van der Waals surface area contributed by atoms with E-state index in [0.29, 0.717) is 42.0 Å². The summed E-state index contributed by atoms with van der Waals surface area (Å²) < 4.78 is 16.0. The Bertz CT molecular complexity index is 1230. The molecule has 0 radical (unpaired) electrons. The zero-order chi connectivity index (χ0) is 25.0. The van der Waals surface area contributed by atoms with E-state index >= 15 is 0 Å². The Morgan fingerprint density at radius 1 is 1.32 bits per heavy atom. The summed E-state index contributed by atoms with van der Waals surface area (Å²) in [6.45, 7) is 4.08. The van der Waals surface area contributed by atoms with Crippen LogP contribution in [0, 0.1) is 30.1 Å². The molecule has 192 valence electrons. The van der Waals surface area contributed by atoms with Crippen molar-refractivity contribution in [3.8, 4) is 5.75 Å². The fourth-order valence-corrected chi connectivity index (χ4v) is 8.06. The van der Waals surface area contributed by atoms with Gasteiger partial charge in [-0.15, -0.1) is 11.3 Å². The van der Waals surface area contributed by atoms with E-state index in [9.17, 15) is 14.2 Å². The number of Topliss-reactive ketones (excluding diaryl/α,β-unsaturated/α-hetero) is 1. The Kier molecular flexibility index (Phi) is 10.4. The molecule has 12 heteroatoms. The molecule has 3 N–H and O–H groups in total. The number of ketones is 1. The molecule has 2 fully saturated rings. The molecule has 5 atom stereocenters. The molecule has 1 amide bonds. The molecule has 3 aliphatic rings. The quantitative estimate of drug-likeness (QED) is 0.310. The predicted molar refractivity (Wildman–Crippen MR) is 135 cm³/mol. The zero-order valence-corrected chi connectivity index (χ0v) is 27.6. The van der Waals surface area contributed by atoms with Gasteiger partial charge in [0, 0.05) is 29.3 Å². The average molecular weight is 567 g/mol. The Labute approximate surface area is 268 Å². The van der Waals surface area contributed by atoms with Crippen LogP contribution >= 0.6 is 19.2 Å². The number of nitrogens with one attached hydrogen (secondary N) is 1. The van der Waals surface area contributed by atoms with Crippen molar-refractivity contribution in [3.63, 3.8) is 0 Å². The summed E-state index contributed by atoms with van der Waals surface area (Å²) >= 11 is 1.45. The first-order valence-corrected chi connectivity index (χ1v) is 14.5. The summed E-state index contributed by atoms with van der Waals surface area (Å²) in [6.07, 6.45) is 6.80. The molecule has 2 saturated carbocycles. The van der Waals surface area contributed by atoms with Crippen LogP contribution in [0.4, 0.5) is 5.13 Å². The largest absolute Gasteiger partial charge is 1.00 e. The third kappa shape index (κ3) is 6.64. The van der Waals surface area contributed by atoms with E-state index in [2.05, 4.69) is 17.2 Å². The second-order valence-electron chi connectivity index (χ2n) is 10.5. The van der Waals surface area contributed by atoms with Crippen LogP contribution in [0.15, 0.2) is 24.4 Å². The molecule has 0 spiro atoms. The van der Waals surface area contributed by atoms with E-state index in [1.165, 1.54) is 16.9 Å². The van der Waals surface area contributed by atoms with Crippen molar-refractivity contribution in [1.29, 1.82) is 0 Å². The second-order valence-corrected chi connectivity index (χ2v) is 12.9. The summed E-state index contributed by atoms with van der Waals surface area (Å²) in [7, 11) is -4.60. The van der Waals surface area contributed by atoms with Crippen molar-refractivity contribution in [2.75, 3.05) is 5.32 Å². The molecular weight excluding hydrogens is 533 g/mol. The molecule has 3 aliphatic carbocycles. The molecule has 2 aromatic rings. The van der Waals surface area contributed by atoms with Crippen LogP contribution in [-0.4, -0.2) is 26.5 Å². The van der Waals surface area contributed by atoms with Gasteiger partial charge in [-0.1, -0.05) is 13.0 Å². The van der Waals surface area contributed by atoms with Crippen molar-refractivity contribution in [2.45, 2.75) is 64.7 Å². The van der Waals surface area contributed by atoms with E-state index in [1.54, 1.807) is 18.3 Å². The number of aromatic nitrogens is 1. The van der Waals surface area contributed by atoms with Gasteiger partial charge in [-0.25, -0.2) is 9.55 Å². The van der Waals surface area contributed by atoms with Gasteiger partial charge in [0.25, 0.3) is 0 Å². The number of hydrogen-bond acceptors (Lipinski definition) is 6. The molecule has 3 unspecified atom stereocenters. The number of fused-ring (bicyclic) bond motifs is 5. The molecular formula is C25H33N2Na2O6PS. The molecule has 0 aliphatic heterocycles. The van der Waals surface area contributed by atoms with Crippen LogP contribution in [0.25, 0.3) is 0 Å². The second kappa shape index (κ2) is 12.2. The monoisotopic (exact) mass is 566 g/mol. The van der Waals surface area contributed by atoms with Crippen LogP contribution in [0.1, 0.15) is 70.2 Å². The Hall–Kier alpha value is -0.0600. The standard InChI is InChI=1S/C25H31N2O6PS.2Na.2H/c1-14-13-26-24(35-14)27-22(29)8-4-16-12-21(28)25(2)10-9-19-18-7-5-17(33-34(30,31)32)11-15(18)3-6-20(19)23(16)25;;;;/h5,7,11,13,16,19-20,23H,3-4,6,8-10,12H2,1-2H3,(H,26,27,29)(H2,30,31,32);;;;/q;2*+1;2*-1/t16-,19?,20?,23?,25-;;;;/m1..../s1. The summed E-state index contributed by atoms with van der Waals surface area (Å²) in [6, 6.07) is 5.32. The molecule has 5 rings (SSSR count). The smallest absolute Gasteiger partial charge is 1.00 e. The van der Waals surface area contributed by atoms with E-state index in [-0.39, 0.29) is 90.9 Å². The number of thiazole rings is 1. The maximum atomic E-state index is 13.2. The average Bonchev–Trinajstić information content (AvgIpc) is 3.30. The van der Waals surface area contributed by atoms with E-state index in [1.807, 2.05) is 13.0 Å². The summed E-state index contributed by atoms with van der Waals surface area (Å²) in [5.41, 5.74) is 1.94. The first kappa shape index (κ1) is 31.5. The number of benzene rings is 1. The van der Waals surface area contributed by atoms with Crippen molar-refractivity contribution in [3.05, 3.63) is 40.4 Å². The van der Waals surface area contributed by atoms with Gasteiger partial charge in [-0.3, -0.25) is 19.4 Å². The minimum Gasteiger partial charge on any atom is -1.00 e. The number of rotatable bonds is 6. The molecule has 1 heterocycles. The SMILES string of the molecule is Cc1cnc(NC(=O)CC[C@@H]2CC(=O)[C@@]3(C)CCC4c5ccc(OP(=O)(O)O)cc5CCC4C23)s1.[H-].[H-].[Na+].[Na+]. The van der Waals surface area contributed by atoms with Crippen LogP contribution in [0.3, 0.4) is 0 Å². The van der Waals surface area contributed by atoms with Crippen molar-refractivity contribution in [1.82, 2.24) is 4.98 Å². The Morgan fingerprint density at radius 2 is 2.08 bits per heavy atom. The summed E-state index contributed by atoms with van der Waals surface area (Å²) in [4.78, 5) is 49.3. The maximum Gasteiger partial charge on any atom is 1.00 e. The summed E-state index contributed by atoms with van der Waals surface area (Å²) in [5, 5.41) is 3.50. The van der Waals surface area contributed by atoms with Gasteiger partial charge < -0.3 is 12.7 Å². The first-order valence-electron chi connectivity index (χ1n) is 12.2. The number of amides is 1. The molecule has 1 aromatic heterocycles. The van der Waals surface area contributed by atoms with Crippen molar-refractivity contribution < 1.29 is 90.4 Å². The predicted octanol–water partition coefficient (Wildman–Crippen LogP) is -0.774. The number of phosphoric acid groups is 1.